The number of likely N-dealkylation sites (tertiary alicyclic amines) is 1. The van der Waals surface area contributed by atoms with Gasteiger partial charge in [-0.3, -0.25) is 19.1 Å². The molecule has 1 aliphatic rings. The number of nitrogens with zero attached hydrogens (tertiary/aromatic N) is 2. The van der Waals surface area contributed by atoms with Crippen molar-refractivity contribution in [1.29, 1.82) is 0 Å². The number of carbonyl (C=O) groups excluding carboxylic acids is 1. The quantitative estimate of drug-likeness (QED) is 0.484. The Hall–Kier alpha value is -4.07. The van der Waals surface area contributed by atoms with E-state index in [2.05, 4.69) is 4.98 Å². The van der Waals surface area contributed by atoms with E-state index in [1.54, 1.807) is 41.3 Å². The second kappa shape index (κ2) is 9.29. The van der Waals surface area contributed by atoms with Crippen molar-refractivity contribution >= 4 is 16.8 Å². The molecule has 0 atom stereocenters. The zero-order chi connectivity index (χ0) is 24.5. The summed E-state index contributed by atoms with van der Waals surface area (Å²) < 4.78 is 29.3. The fourth-order valence-electron chi connectivity index (χ4n) is 4.74. The van der Waals surface area contributed by atoms with Crippen LogP contribution in [0.4, 0.5) is 8.78 Å². The Balaban J connectivity index is 1.36. The van der Waals surface area contributed by atoms with Gasteiger partial charge in [0.15, 0.2) is 0 Å². The Morgan fingerprint density at radius 1 is 0.943 bits per heavy atom. The first-order valence-electron chi connectivity index (χ1n) is 11.5. The first-order chi connectivity index (χ1) is 16.9. The van der Waals surface area contributed by atoms with E-state index in [1.807, 2.05) is 0 Å². The molecule has 6 nitrogen and oxygen atoms in total. The predicted octanol–water partition coefficient (Wildman–Crippen LogP) is 4.04. The molecule has 1 aromatic heterocycles. The van der Waals surface area contributed by atoms with E-state index in [1.165, 1.54) is 34.9 Å². The summed E-state index contributed by atoms with van der Waals surface area (Å²) in [6.45, 7) is 1.01. The Kier molecular flexibility index (Phi) is 6.03. The first kappa shape index (κ1) is 22.7. The third kappa shape index (κ3) is 4.51. The molecule has 5 rings (SSSR count). The third-order valence-electron chi connectivity index (χ3n) is 6.63. The Morgan fingerprint density at radius 3 is 2.40 bits per heavy atom. The molecule has 1 N–H and O–H groups in total. The van der Waals surface area contributed by atoms with E-state index in [0.29, 0.717) is 42.4 Å². The van der Waals surface area contributed by atoms with Gasteiger partial charge >= 0.3 is 5.69 Å². The van der Waals surface area contributed by atoms with E-state index < -0.39 is 23.0 Å². The molecule has 1 amide bonds. The van der Waals surface area contributed by atoms with Gasteiger partial charge < -0.3 is 4.90 Å². The lowest BCUT2D eigenvalue weighted by atomic mass is 9.89. The van der Waals surface area contributed by atoms with Crippen LogP contribution in [0.3, 0.4) is 0 Å². The molecule has 0 spiro atoms. The van der Waals surface area contributed by atoms with Crippen molar-refractivity contribution in [2.45, 2.75) is 25.3 Å². The predicted molar refractivity (Wildman–Crippen MR) is 129 cm³/mol. The largest absolute Gasteiger partial charge is 0.339 e. The average molecular weight is 475 g/mol. The second-order valence-electron chi connectivity index (χ2n) is 8.79. The summed E-state index contributed by atoms with van der Waals surface area (Å²) in [4.78, 5) is 41.7. The number of para-hydroxylation sites is 1. The summed E-state index contributed by atoms with van der Waals surface area (Å²) in [5.74, 6) is -1.09. The van der Waals surface area contributed by atoms with Crippen LogP contribution in [0.5, 0.6) is 0 Å². The molecule has 35 heavy (non-hydrogen) atoms. The van der Waals surface area contributed by atoms with E-state index >= 15 is 0 Å². The van der Waals surface area contributed by atoms with Crippen LogP contribution in [0.15, 0.2) is 76.3 Å². The molecule has 0 bridgehead atoms. The van der Waals surface area contributed by atoms with Crippen LogP contribution in [0.25, 0.3) is 10.9 Å². The number of halogens is 2. The Bertz CT molecular complexity index is 1520. The van der Waals surface area contributed by atoms with Gasteiger partial charge in [-0.1, -0.05) is 30.3 Å². The van der Waals surface area contributed by atoms with E-state index in [-0.39, 0.29) is 23.8 Å². The summed E-state index contributed by atoms with van der Waals surface area (Å²) >= 11 is 0. The van der Waals surface area contributed by atoms with E-state index in [9.17, 15) is 23.2 Å². The molecule has 2 heterocycles. The number of carbonyl (C=O) groups is 1. The maximum atomic E-state index is 14.7. The lowest BCUT2D eigenvalue weighted by Gasteiger charge is -2.32. The van der Waals surface area contributed by atoms with Crippen LogP contribution in [-0.4, -0.2) is 33.4 Å². The average Bonchev–Trinajstić information content (AvgIpc) is 2.87. The van der Waals surface area contributed by atoms with Crippen molar-refractivity contribution in [2.75, 3.05) is 13.1 Å². The molecule has 1 aliphatic heterocycles. The number of aromatic amines is 1. The van der Waals surface area contributed by atoms with Crippen molar-refractivity contribution in [3.05, 3.63) is 116 Å². The van der Waals surface area contributed by atoms with Gasteiger partial charge in [0.2, 0.25) is 0 Å². The first-order valence-corrected chi connectivity index (χ1v) is 11.5. The van der Waals surface area contributed by atoms with Crippen molar-refractivity contribution in [2.24, 2.45) is 0 Å². The van der Waals surface area contributed by atoms with Crippen LogP contribution in [0.1, 0.15) is 40.2 Å². The maximum absolute atomic E-state index is 14.7. The van der Waals surface area contributed by atoms with Crippen molar-refractivity contribution in [3.63, 3.8) is 0 Å². The number of nitrogens with one attached hydrogen (secondary N) is 1. The summed E-state index contributed by atoms with van der Waals surface area (Å²) in [5.41, 5.74) is 0.959. The van der Waals surface area contributed by atoms with Crippen LogP contribution in [0.2, 0.25) is 0 Å². The van der Waals surface area contributed by atoms with Gasteiger partial charge in [-0.05, 0) is 66.3 Å². The molecule has 0 radical (unpaired) electrons. The highest BCUT2D eigenvalue weighted by Gasteiger charge is 2.26. The minimum atomic E-state index is -0.627. The smallest absolute Gasteiger partial charge is 0.329 e. The summed E-state index contributed by atoms with van der Waals surface area (Å²) in [5, 5.41) is 0.370. The van der Waals surface area contributed by atoms with Crippen molar-refractivity contribution in [1.82, 2.24) is 14.5 Å². The number of benzene rings is 3. The number of rotatable bonds is 4. The van der Waals surface area contributed by atoms with Crippen LogP contribution < -0.4 is 11.2 Å². The van der Waals surface area contributed by atoms with Crippen LogP contribution in [-0.2, 0) is 6.54 Å². The van der Waals surface area contributed by atoms with Gasteiger partial charge in [0, 0.05) is 13.1 Å². The number of aromatic nitrogens is 2. The van der Waals surface area contributed by atoms with Gasteiger partial charge in [0.05, 0.1) is 23.0 Å². The summed E-state index contributed by atoms with van der Waals surface area (Å²) in [6, 6.07) is 17.4. The number of hydrogen-bond donors (Lipinski definition) is 1. The number of hydrogen-bond acceptors (Lipinski definition) is 3. The number of H-pyrrole nitrogens is 1. The highest BCUT2D eigenvalue weighted by molar-refractivity contribution is 5.94. The van der Waals surface area contributed by atoms with Crippen molar-refractivity contribution < 1.29 is 13.6 Å². The molecule has 8 heteroatoms. The summed E-state index contributed by atoms with van der Waals surface area (Å²) in [6.07, 6.45) is 1.41. The third-order valence-corrected chi connectivity index (χ3v) is 6.63. The minimum absolute atomic E-state index is 0.0514. The monoisotopic (exact) mass is 475 g/mol. The molecule has 4 aromatic rings. The fourth-order valence-corrected chi connectivity index (χ4v) is 4.74. The highest BCUT2D eigenvalue weighted by atomic mass is 19.1. The molecular weight excluding hydrogens is 452 g/mol. The van der Waals surface area contributed by atoms with Gasteiger partial charge in [0.25, 0.3) is 11.5 Å². The SMILES string of the molecule is O=C(c1cc(Cn2c(=O)[nH]c(=O)c3ccccc32)ccc1F)N1CCC(c2ccc(F)cc2)CC1. The maximum Gasteiger partial charge on any atom is 0.329 e. The minimum Gasteiger partial charge on any atom is -0.339 e. The number of fused-ring (bicyclic) bond motifs is 1. The van der Waals surface area contributed by atoms with Crippen LogP contribution in [0, 0.1) is 11.6 Å². The second-order valence-corrected chi connectivity index (χ2v) is 8.79. The zero-order valence-electron chi connectivity index (χ0n) is 18.8. The topological polar surface area (TPSA) is 75.2 Å². The number of amides is 1. The van der Waals surface area contributed by atoms with Gasteiger partial charge in [0.1, 0.15) is 11.6 Å². The molecule has 0 aliphatic carbocycles. The lowest BCUT2D eigenvalue weighted by molar-refractivity contribution is 0.0708. The van der Waals surface area contributed by atoms with Crippen molar-refractivity contribution in [3.8, 4) is 0 Å². The normalized spacial score (nSPS) is 14.4. The Labute approximate surface area is 199 Å². The molecular formula is C27H23F2N3O3. The molecule has 0 unspecified atom stereocenters. The fraction of sp³-hybridized carbons (Fsp3) is 0.222. The highest BCUT2D eigenvalue weighted by Crippen LogP contribution is 2.29. The molecule has 0 saturated carbocycles. The molecule has 1 saturated heterocycles. The van der Waals surface area contributed by atoms with Gasteiger partial charge in [-0.25, -0.2) is 13.6 Å². The lowest BCUT2D eigenvalue weighted by Crippen LogP contribution is -2.38. The summed E-state index contributed by atoms with van der Waals surface area (Å²) in [7, 11) is 0. The van der Waals surface area contributed by atoms with Crippen LogP contribution >= 0.6 is 0 Å². The number of piperidine rings is 1. The van der Waals surface area contributed by atoms with Gasteiger partial charge in [-0.15, -0.1) is 0 Å². The van der Waals surface area contributed by atoms with E-state index in [0.717, 1.165) is 5.56 Å². The van der Waals surface area contributed by atoms with Gasteiger partial charge in [-0.2, -0.15) is 0 Å². The molecule has 178 valence electrons. The molecule has 1 fully saturated rings. The van der Waals surface area contributed by atoms with E-state index in [4.69, 9.17) is 0 Å². The standard InChI is InChI=1S/C27H23F2N3O3/c28-20-8-6-18(7-9-20)19-11-13-31(14-12-19)26(34)22-15-17(5-10-23(22)29)16-32-24-4-2-1-3-21(24)25(33)30-27(32)35/h1-10,15,19H,11-14,16H2,(H,30,33,35). The zero-order valence-corrected chi connectivity index (χ0v) is 18.8. The molecule has 3 aromatic carbocycles. The Morgan fingerprint density at radius 2 is 1.66 bits per heavy atom.